The molecule has 1 aromatic heterocycles. The van der Waals surface area contributed by atoms with E-state index < -0.39 is 0 Å². The fourth-order valence-electron chi connectivity index (χ4n) is 1.35. The molecule has 1 rings (SSSR count). The van der Waals surface area contributed by atoms with Gasteiger partial charge in [0.15, 0.2) is 5.16 Å². The van der Waals surface area contributed by atoms with Gasteiger partial charge in [-0.15, -0.1) is 0 Å². The molecule has 0 aliphatic rings. The monoisotopic (exact) mass is 255 g/mol. The predicted octanol–water partition coefficient (Wildman–Crippen LogP) is 1.89. The Hall–Kier alpha value is -0.650. The Morgan fingerprint density at radius 1 is 1.53 bits per heavy atom. The maximum atomic E-state index is 4.99. The van der Waals surface area contributed by atoms with Crippen molar-refractivity contribution >= 4 is 11.8 Å². The summed E-state index contributed by atoms with van der Waals surface area (Å²) in [5, 5.41) is 4.73. The largest absolute Gasteiger partial charge is 0.385 e. The van der Waals surface area contributed by atoms with E-state index in [4.69, 9.17) is 4.74 Å². The summed E-state index contributed by atoms with van der Waals surface area (Å²) >= 11 is 1.71. The molecule has 5 heteroatoms. The fraction of sp³-hybridized carbons (Fsp3) is 0.667. The Labute approximate surface area is 108 Å². The number of nitrogens with zero attached hydrogens (tertiary/aromatic N) is 2. The van der Waals surface area contributed by atoms with E-state index in [-0.39, 0.29) is 0 Å². The van der Waals surface area contributed by atoms with Crippen molar-refractivity contribution in [3.8, 4) is 0 Å². The van der Waals surface area contributed by atoms with Crippen LogP contribution in [0.5, 0.6) is 0 Å². The molecule has 1 N–H and O–H groups in total. The molecular formula is C12H21N3OS. The van der Waals surface area contributed by atoms with Gasteiger partial charge in [0.1, 0.15) is 0 Å². The highest BCUT2D eigenvalue weighted by Gasteiger charge is 2.06. The van der Waals surface area contributed by atoms with E-state index in [9.17, 15) is 0 Å². The van der Waals surface area contributed by atoms with Crippen LogP contribution in [-0.4, -0.2) is 42.0 Å². The lowest BCUT2D eigenvalue weighted by Crippen LogP contribution is -2.24. The molecule has 0 fully saturated rings. The number of hydrogen-bond acceptors (Lipinski definition) is 5. The quantitative estimate of drug-likeness (QED) is 0.437. The van der Waals surface area contributed by atoms with Crippen molar-refractivity contribution in [2.75, 3.05) is 26.8 Å². The lowest BCUT2D eigenvalue weighted by molar-refractivity contribution is 0.194. The van der Waals surface area contributed by atoms with E-state index in [1.807, 2.05) is 19.2 Å². The standard InChI is InChI=1S/C12H21N3OS/c1-10-5-7-14-12(15-10)17-11(2)9-13-6-4-8-16-3/h5,7,11,13H,4,6,8-9H2,1-3H3. The molecule has 0 spiro atoms. The second-order valence-corrected chi connectivity index (χ2v) is 5.37. The zero-order chi connectivity index (χ0) is 12.5. The summed E-state index contributed by atoms with van der Waals surface area (Å²) in [6, 6.07) is 1.91. The maximum Gasteiger partial charge on any atom is 0.188 e. The average Bonchev–Trinajstić information content (AvgIpc) is 2.29. The van der Waals surface area contributed by atoms with Crippen LogP contribution >= 0.6 is 11.8 Å². The van der Waals surface area contributed by atoms with Crippen LogP contribution in [0.4, 0.5) is 0 Å². The third-order valence-corrected chi connectivity index (χ3v) is 3.19. The lowest BCUT2D eigenvalue weighted by atomic mass is 10.4. The molecular weight excluding hydrogens is 234 g/mol. The Balaban J connectivity index is 2.18. The minimum absolute atomic E-state index is 0.472. The Morgan fingerprint density at radius 2 is 2.35 bits per heavy atom. The van der Waals surface area contributed by atoms with Gasteiger partial charge in [-0.25, -0.2) is 9.97 Å². The van der Waals surface area contributed by atoms with Crippen LogP contribution in [0.15, 0.2) is 17.4 Å². The van der Waals surface area contributed by atoms with Crippen LogP contribution in [0.2, 0.25) is 0 Å². The molecule has 17 heavy (non-hydrogen) atoms. The number of methoxy groups -OCH3 is 1. The maximum absolute atomic E-state index is 4.99. The first kappa shape index (κ1) is 14.4. The summed E-state index contributed by atoms with van der Waals surface area (Å²) in [5.74, 6) is 0. The number of rotatable bonds is 8. The van der Waals surface area contributed by atoms with Gasteiger partial charge in [-0.2, -0.15) is 0 Å². The molecule has 4 nitrogen and oxygen atoms in total. The Bertz CT molecular complexity index is 322. The highest BCUT2D eigenvalue weighted by molar-refractivity contribution is 7.99. The summed E-state index contributed by atoms with van der Waals surface area (Å²) in [6.07, 6.45) is 2.86. The normalized spacial score (nSPS) is 12.6. The number of aryl methyl sites for hydroxylation is 1. The third kappa shape index (κ3) is 6.61. The van der Waals surface area contributed by atoms with Crippen molar-refractivity contribution in [2.24, 2.45) is 0 Å². The fourth-order valence-corrected chi connectivity index (χ4v) is 2.23. The molecule has 0 aromatic carbocycles. The van der Waals surface area contributed by atoms with Crippen molar-refractivity contribution in [3.05, 3.63) is 18.0 Å². The summed E-state index contributed by atoms with van der Waals surface area (Å²) in [4.78, 5) is 8.62. The van der Waals surface area contributed by atoms with Gasteiger partial charge in [-0.3, -0.25) is 0 Å². The molecule has 96 valence electrons. The van der Waals surface area contributed by atoms with Gasteiger partial charge in [0, 0.05) is 37.4 Å². The third-order valence-electron chi connectivity index (χ3n) is 2.21. The van der Waals surface area contributed by atoms with Gasteiger partial charge >= 0.3 is 0 Å². The van der Waals surface area contributed by atoms with E-state index in [0.29, 0.717) is 5.25 Å². The van der Waals surface area contributed by atoms with E-state index in [2.05, 4.69) is 22.2 Å². The number of aromatic nitrogens is 2. The first-order valence-electron chi connectivity index (χ1n) is 5.88. The summed E-state index contributed by atoms with van der Waals surface area (Å²) < 4.78 is 4.99. The first-order chi connectivity index (χ1) is 8.22. The second-order valence-electron chi connectivity index (χ2n) is 3.96. The zero-order valence-electron chi connectivity index (χ0n) is 10.8. The minimum Gasteiger partial charge on any atom is -0.385 e. The molecule has 1 atom stereocenters. The minimum atomic E-state index is 0.472. The van der Waals surface area contributed by atoms with Crippen molar-refractivity contribution in [1.29, 1.82) is 0 Å². The van der Waals surface area contributed by atoms with Gasteiger partial charge in [0.2, 0.25) is 0 Å². The van der Waals surface area contributed by atoms with Gasteiger partial charge in [0.25, 0.3) is 0 Å². The van der Waals surface area contributed by atoms with Crippen molar-refractivity contribution in [3.63, 3.8) is 0 Å². The molecule has 0 aliphatic heterocycles. The highest BCUT2D eigenvalue weighted by Crippen LogP contribution is 2.18. The van der Waals surface area contributed by atoms with Gasteiger partial charge < -0.3 is 10.1 Å². The number of ether oxygens (including phenoxy) is 1. The van der Waals surface area contributed by atoms with E-state index in [1.165, 1.54) is 0 Å². The van der Waals surface area contributed by atoms with E-state index >= 15 is 0 Å². The smallest absolute Gasteiger partial charge is 0.188 e. The molecule has 0 saturated carbocycles. The van der Waals surface area contributed by atoms with Crippen LogP contribution in [0.25, 0.3) is 0 Å². The molecule has 0 aliphatic carbocycles. The highest BCUT2D eigenvalue weighted by atomic mass is 32.2. The predicted molar refractivity (Wildman–Crippen MR) is 71.5 cm³/mol. The molecule has 0 radical (unpaired) electrons. The summed E-state index contributed by atoms with van der Waals surface area (Å²) in [6.45, 7) is 6.94. The van der Waals surface area contributed by atoms with E-state index in [1.54, 1.807) is 18.9 Å². The molecule has 0 bridgehead atoms. The molecule has 0 saturated heterocycles. The van der Waals surface area contributed by atoms with Gasteiger partial charge in [-0.1, -0.05) is 18.7 Å². The van der Waals surface area contributed by atoms with E-state index in [0.717, 1.165) is 37.0 Å². The van der Waals surface area contributed by atoms with Crippen LogP contribution in [0.1, 0.15) is 19.0 Å². The topological polar surface area (TPSA) is 47.0 Å². The van der Waals surface area contributed by atoms with Crippen LogP contribution in [0, 0.1) is 6.92 Å². The Morgan fingerprint density at radius 3 is 3.06 bits per heavy atom. The lowest BCUT2D eigenvalue weighted by Gasteiger charge is -2.11. The first-order valence-corrected chi connectivity index (χ1v) is 6.76. The van der Waals surface area contributed by atoms with Crippen LogP contribution in [0.3, 0.4) is 0 Å². The SMILES string of the molecule is COCCCNCC(C)Sc1nccc(C)n1. The molecule has 1 unspecified atom stereocenters. The number of hydrogen-bond donors (Lipinski definition) is 1. The average molecular weight is 255 g/mol. The van der Waals surface area contributed by atoms with Crippen LogP contribution < -0.4 is 5.32 Å². The summed E-state index contributed by atoms with van der Waals surface area (Å²) in [5.41, 5.74) is 1.02. The van der Waals surface area contributed by atoms with Gasteiger partial charge in [0.05, 0.1) is 0 Å². The van der Waals surface area contributed by atoms with Crippen molar-refractivity contribution in [2.45, 2.75) is 30.7 Å². The number of nitrogens with one attached hydrogen (secondary N) is 1. The zero-order valence-corrected chi connectivity index (χ0v) is 11.6. The number of thioether (sulfide) groups is 1. The molecule has 0 amide bonds. The van der Waals surface area contributed by atoms with Crippen LogP contribution in [-0.2, 0) is 4.74 Å². The second kappa shape index (κ2) is 8.44. The summed E-state index contributed by atoms with van der Waals surface area (Å²) in [7, 11) is 1.73. The van der Waals surface area contributed by atoms with Gasteiger partial charge in [-0.05, 0) is 26.0 Å². The van der Waals surface area contributed by atoms with Crippen molar-refractivity contribution in [1.82, 2.24) is 15.3 Å². The molecule has 1 aromatic rings. The Kier molecular flexibility index (Phi) is 7.16. The van der Waals surface area contributed by atoms with Crippen molar-refractivity contribution < 1.29 is 4.74 Å². The molecule has 1 heterocycles.